The van der Waals surface area contributed by atoms with E-state index >= 15 is 0 Å². The van der Waals surface area contributed by atoms with Crippen molar-refractivity contribution in [3.8, 4) is 10.6 Å². The molecule has 5 heteroatoms. The molecule has 0 aromatic carbocycles. The monoisotopic (exact) mass is 248 g/mol. The Morgan fingerprint density at radius 1 is 1.53 bits per heavy atom. The summed E-state index contributed by atoms with van der Waals surface area (Å²) in [5, 5.41) is 9.72. The van der Waals surface area contributed by atoms with E-state index in [2.05, 4.69) is 9.97 Å². The van der Waals surface area contributed by atoms with Crippen molar-refractivity contribution in [1.82, 2.24) is 9.97 Å². The molecule has 0 unspecified atom stereocenters. The van der Waals surface area contributed by atoms with Crippen LogP contribution in [0.5, 0.6) is 0 Å². The molecule has 0 saturated heterocycles. The minimum absolute atomic E-state index is 0.301. The van der Waals surface area contributed by atoms with Gasteiger partial charge in [0.25, 0.3) is 0 Å². The fourth-order valence-corrected chi connectivity index (χ4v) is 2.42. The third kappa shape index (κ3) is 2.34. The summed E-state index contributed by atoms with van der Waals surface area (Å²) in [4.78, 5) is 19.7. The number of pyridine rings is 1. The Bertz CT molecular complexity index is 563. The molecule has 2 heterocycles. The van der Waals surface area contributed by atoms with E-state index in [1.807, 2.05) is 19.1 Å². The number of aromatic nitrogens is 2. The summed E-state index contributed by atoms with van der Waals surface area (Å²) in [6, 6.07) is 3.80. The highest BCUT2D eigenvalue weighted by atomic mass is 32.1. The summed E-state index contributed by atoms with van der Waals surface area (Å²) in [6.07, 6.45) is 2.58. The van der Waals surface area contributed by atoms with Crippen LogP contribution in [0.3, 0.4) is 0 Å². The fraction of sp³-hybridized carbons (Fsp3) is 0.250. The third-order valence-electron chi connectivity index (χ3n) is 2.42. The molecule has 17 heavy (non-hydrogen) atoms. The number of aromatic carboxylic acids is 1. The lowest BCUT2D eigenvalue weighted by atomic mass is 10.2. The number of carboxylic acid groups (broad SMARTS) is 1. The van der Waals surface area contributed by atoms with Crippen molar-refractivity contribution in [2.24, 2.45) is 0 Å². The molecule has 1 N–H and O–H groups in total. The molecule has 0 aliphatic rings. The van der Waals surface area contributed by atoms with E-state index in [-0.39, 0.29) is 0 Å². The van der Waals surface area contributed by atoms with Gasteiger partial charge in [0.05, 0.1) is 5.69 Å². The van der Waals surface area contributed by atoms with E-state index < -0.39 is 5.97 Å². The average molecular weight is 248 g/mol. The summed E-state index contributed by atoms with van der Waals surface area (Å²) in [7, 11) is 0. The van der Waals surface area contributed by atoms with Crippen molar-refractivity contribution in [2.75, 3.05) is 0 Å². The molecule has 0 fully saturated rings. The van der Waals surface area contributed by atoms with Crippen LogP contribution in [-0.2, 0) is 6.42 Å². The molecule has 0 saturated carbocycles. The van der Waals surface area contributed by atoms with Crippen LogP contribution in [0, 0.1) is 6.92 Å². The van der Waals surface area contributed by atoms with Crippen LogP contribution >= 0.6 is 11.3 Å². The number of hydrogen-bond donors (Lipinski definition) is 1. The van der Waals surface area contributed by atoms with Crippen LogP contribution in [-0.4, -0.2) is 21.0 Å². The molecule has 4 nitrogen and oxygen atoms in total. The van der Waals surface area contributed by atoms with Gasteiger partial charge in [0.2, 0.25) is 0 Å². The molecule has 0 radical (unpaired) electrons. The average Bonchev–Trinajstić information content (AvgIpc) is 2.71. The zero-order chi connectivity index (χ0) is 12.4. The molecular weight excluding hydrogens is 236 g/mol. The lowest BCUT2D eigenvalue weighted by molar-refractivity contribution is 0.0701. The number of carbonyl (C=O) groups is 1. The number of aryl methyl sites for hydroxylation is 2. The Balaban J connectivity index is 2.46. The van der Waals surface area contributed by atoms with Gasteiger partial charge in [-0.05, 0) is 25.5 Å². The van der Waals surface area contributed by atoms with E-state index in [9.17, 15) is 4.79 Å². The predicted molar refractivity (Wildman–Crippen MR) is 66.4 cm³/mol. The summed E-state index contributed by atoms with van der Waals surface area (Å²) in [6.45, 7) is 3.74. The van der Waals surface area contributed by atoms with E-state index in [4.69, 9.17) is 5.11 Å². The molecule has 2 aromatic heterocycles. The highest BCUT2D eigenvalue weighted by Gasteiger charge is 2.15. The van der Waals surface area contributed by atoms with Gasteiger partial charge >= 0.3 is 5.97 Å². The number of rotatable bonds is 3. The van der Waals surface area contributed by atoms with E-state index in [0.29, 0.717) is 10.6 Å². The maximum absolute atomic E-state index is 10.9. The minimum atomic E-state index is -0.920. The Morgan fingerprint density at radius 2 is 2.29 bits per heavy atom. The van der Waals surface area contributed by atoms with E-state index in [1.54, 1.807) is 13.1 Å². The summed E-state index contributed by atoms with van der Waals surface area (Å²) in [5.74, 6) is -0.920. The largest absolute Gasteiger partial charge is 0.477 e. The third-order valence-corrected chi connectivity index (χ3v) is 3.61. The summed E-state index contributed by atoms with van der Waals surface area (Å²) in [5.41, 5.74) is 2.47. The van der Waals surface area contributed by atoms with Crippen LogP contribution in [0.2, 0.25) is 0 Å². The first kappa shape index (κ1) is 11.7. The van der Waals surface area contributed by atoms with E-state index in [0.717, 1.165) is 22.7 Å². The normalized spacial score (nSPS) is 10.5. The van der Waals surface area contributed by atoms with Crippen molar-refractivity contribution in [2.45, 2.75) is 20.3 Å². The lowest BCUT2D eigenvalue weighted by Gasteiger charge is -1.98. The van der Waals surface area contributed by atoms with Gasteiger partial charge in [-0.15, -0.1) is 11.3 Å². The molecule has 0 aliphatic heterocycles. The summed E-state index contributed by atoms with van der Waals surface area (Å²) < 4.78 is 0. The minimum Gasteiger partial charge on any atom is -0.477 e. The van der Waals surface area contributed by atoms with Crippen LogP contribution in [0.4, 0.5) is 0 Å². The van der Waals surface area contributed by atoms with Crippen molar-refractivity contribution >= 4 is 17.3 Å². The molecule has 0 spiro atoms. The highest BCUT2D eigenvalue weighted by molar-refractivity contribution is 7.17. The van der Waals surface area contributed by atoms with Crippen LogP contribution in [0.25, 0.3) is 10.6 Å². The molecule has 0 bridgehead atoms. The van der Waals surface area contributed by atoms with Crippen LogP contribution in [0.1, 0.15) is 28.0 Å². The molecule has 2 rings (SSSR count). The van der Waals surface area contributed by atoms with Gasteiger partial charge < -0.3 is 5.11 Å². The SMILES string of the molecule is CCc1cc(-c2nc(C)c(C(=O)O)s2)ccn1. The van der Waals surface area contributed by atoms with Gasteiger partial charge in [-0.25, -0.2) is 9.78 Å². The molecule has 0 amide bonds. The summed E-state index contributed by atoms with van der Waals surface area (Å²) >= 11 is 1.20. The second-order valence-electron chi connectivity index (χ2n) is 3.63. The second-order valence-corrected chi connectivity index (χ2v) is 4.63. The standard InChI is InChI=1S/C12H12N2O2S/c1-3-9-6-8(4-5-13-9)11-14-7(2)10(17-11)12(15)16/h4-6H,3H2,1-2H3,(H,15,16). The van der Waals surface area contributed by atoms with Gasteiger partial charge in [0.1, 0.15) is 9.88 Å². The second kappa shape index (κ2) is 4.63. The number of hydrogen-bond acceptors (Lipinski definition) is 4. The van der Waals surface area contributed by atoms with Crippen molar-refractivity contribution < 1.29 is 9.90 Å². The van der Waals surface area contributed by atoms with Crippen LogP contribution < -0.4 is 0 Å². The smallest absolute Gasteiger partial charge is 0.347 e. The highest BCUT2D eigenvalue weighted by Crippen LogP contribution is 2.27. The van der Waals surface area contributed by atoms with Gasteiger partial charge in [-0.3, -0.25) is 4.98 Å². The topological polar surface area (TPSA) is 63.1 Å². The van der Waals surface area contributed by atoms with Crippen molar-refractivity contribution in [3.05, 3.63) is 34.6 Å². The first-order valence-corrected chi connectivity index (χ1v) is 6.09. The van der Waals surface area contributed by atoms with Gasteiger partial charge in [0, 0.05) is 17.5 Å². The molecular formula is C12H12N2O2S. The Morgan fingerprint density at radius 3 is 2.88 bits per heavy atom. The van der Waals surface area contributed by atoms with Gasteiger partial charge in [0.15, 0.2) is 0 Å². The first-order chi connectivity index (χ1) is 8.11. The Kier molecular flexibility index (Phi) is 3.19. The fourth-order valence-electron chi connectivity index (χ4n) is 1.52. The maximum atomic E-state index is 10.9. The Hall–Kier alpha value is -1.75. The zero-order valence-electron chi connectivity index (χ0n) is 9.60. The first-order valence-electron chi connectivity index (χ1n) is 5.28. The number of nitrogens with zero attached hydrogens (tertiary/aromatic N) is 2. The number of carboxylic acids is 1. The molecule has 0 aliphatic carbocycles. The van der Waals surface area contributed by atoms with Gasteiger partial charge in [-0.1, -0.05) is 6.92 Å². The number of thiazole rings is 1. The van der Waals surface area contributed by atoms with Crippen molar-refractivity contribution in [3.63, 3.8) is 0 Å². The van der Waals surface area contributed by atoms with Crippen LogP contribution in [0.15, 0.2) is 18.3 Å². The molecule has 2 aromatic rings. The quantitative estimate of drug-likeness (QED) is 0.907. The predicted octanol–water partition coefficient (Wildman–Crippen LogP) is 2.77. The van der Waals surface area contributed by atoms with E-state index in [1.165, 1.54) is 11.3 Å². The Labute approximate surface area is 103 Å². The zero-order valence-corrected chi connectivity index (χ0v) is 10.4. The van der Waals surface area contributed by atoms with Gasteiger partial charge in [-0.2, -0.15) is 0 Å². The van der Waals surface area contributed by atoms with Crippen molar-refractivity contribution in [1.29, 1.82) is 0 Å². The lowest BCUT2D eigenvalue weighted by Crippen LogP contribution is -1.94. The molecule has 0 atom stereocenters. The maximum Gasteiger partial charge on any atom is 0.347 e. The molecule has 88 valence electrons.